The predicted octanol–water partition coefficient (Wildman–Crippen LogP) is 2.71. The lowest BCUT2D eigenvalue weighted by atomic mass is 10.0. The summed E-state index contributed by atoms with van der Waals surface area (Å²) in [6.45, 7) is 0.908. The van der Waals surface area contributed by atoms with E-state index in [-0.39, 0.29) is 11.7 Å². The van der Waals surface area contributed by atoms with Gasteiger partial charge in [0.15, 0.2) is 0 Å². The Kier molecular flexibility index (Phi) is 2.80. The molecule has 1 atom stereocenters. The maximum Gasteiger partial charge on any atom is 0.418 e. The molecule has 1 aliphatic rings. The summed E-state index contributed by atoms with van der Waals surface area (Å²) in [6.07, 6.45) is -2.37. The van der Waals surface area contributed by atoms with Crippen LogP contribution in [-0.4, -0.2) is 6.54 Å². The molecule has 1 heterocycles. The molecule has 1 fully saturated rings. The summed E-state index contributed by atoms with van der Waals surface area (Å²) in [6, 6.07) is 4.13. The Morgan fingerprint density at radius 3 is 2.56 bits per heavy atom. The number of alkyl halides is 3. The maximum absolute atomic E-state index is 12.5. The Labute approximate surface area is 91.6 Å². The monoisotopic (exact) mass is 230 g/mol. The third-order valence-electron chi connectivity index (χ3n) is 2.84. The van der Waals surface area contributed by atoms with E-state index in [0.29, 0.717) is 0 Å². The van der Waals surface area contributed by atoms with Gasteiger partial charge < -0.3 is 11.1 Å². The van der Waals surface area contributed by atoms with Crippen LogP contribution < -0.4 is 11.1 Å². The van der Waals surface area contributed by atoms with Crippen molar-refractivity contribution in [1.82, 2.24) is 5.32 Å². The Morgan fingerprint density at radius 1 is 1.31 bits per heavy atom. The molecule has 1 saturated heterocycles. The number of benzene rings is 1. The van der Waals surface area contributed by atoms with Crippen molar-refractivity contribution in [2.45, 2.75) is 25.1 Å². The van der Waals surface area contributed by atoms with E-state index in [1.165, 1.54) is 12.1 Å². The third kappa shape index (κ3) is 2.14. The molecule has 1 aromatic carbocycles. The molecule has 1 aliphatic heterocycles. The van der Waals surface area contributed by atoms with Crippen LogP contribution in [0.1, 0.15) is 30.0 Å². The van der Waals surface area contributed by atoms with Crippen molar-refractivity contribution in [2.75, 3.05) is 12.3 Å². The molecule has 2 nitrogen and oxygen atoms in total. The standard InChI is InChI=1S/C11H13F3N2/c12-11(13,14)8-4-3-7(6-9(8)15)10-2-1-5-16-10/h3-4,6,10,16H,1-2,5,15H2/t10-/m1/s1. The number of hydrogen-bond donors (Lipinski definition) is 2. The first-order valence-corrected chi connectivity index (χ1v) is 5.18. The van der Waals surface area contributed by atoms with Gasteiger partial charge in [-0.1, -0.05) is 6.07 Å². The summed E-state index contributed by atoms with van der Waals surface area (Å²) in [4.78, 5) is 0. The minimum absolute atomic E-state index is 0.143. The fourth-order valence-corrected chi connectivity index (χ4v) is 2.03. The molecule has 0 unspecified atom stereocenters. The van der Waals surface area contributed by atoms with Gasteiger partial charge in [0.1, 0.15) is 0 Å². The molecule has 0 aliphatic carbocycles. The van der Waals surface area contributed by atoms with Gasteiger partial charge in [-0.05, 0) is 37.1 Å². The van der Waals surface area contributed by atoms with E-state index in [1.807, 2.05) is 0 Å². The average molecular weight is 230 g/mol. The molecular weight excluding hydrogens is 217 g/mol. The van der Waals surface area contributed by atoms with Crippen molar-refractivity contribution in [3.8, 4) is 0 Å². The maximum atomic E-state index is 12.5. The van der Waals surface area contributed by atoms with Gasteiger partial charge in [0.05, 0.1) is 5.56 Å². The number of nitrogen functional groups attached to an aromatic ring is 1. The number of nitrogens with one attached hydrogen (secondary N) is 1. The lowest BCUT2D eigenvalue weighted by molar-refractivity contribution is -0.136. The van der Waals surface area contributed by atoms with E-state index in [0.717, 1.165) is 31.0 Å². The van der Waals surface area contributed by atoms with Gasteiger partial charge >= 0.3 is 6.18 Å². The van der Waals surface area contributed by atoms with Crippen molar-refractivity contribution < 1.29 is 13.2 Å². The average Bonchev–Trinajstić information content (AvgIpc) is 2.68. The highest BCUT2D eigenvalue weighted by Gasteiger charge is 2.33. The smallest absolute Gasteiger partial charge is 0.398 e. The molecule has 0 saturated carbocycles. The van der Waals surface area contributed by atoms with Crippen molar-refractivity contribution in [2.24, 2.45) is 0 Å². The van der Waals surface area contributed by atoms with Crippen LogP contribution in [0.2, 0.25) is 0 Å². The molecule has 0 bridgehead atoms. The Bertz CT molecular complexity index is 381. The quantitative estimate of drug-likeness (QED) is 0.728. The number of hydrogen-bond acceptors (Lipinski definition) is 2. The van der Waals surface area contributed by atoms with E-state index in [2.05, 4.69) is 5.32 Å². The van der Waals surface area contributed by atoms with E-state index in [4.69, 9.17) is 5.73 Å². The highest BCUT2D eigenvalue weighted by atomic mass is 19.4. The second-order valence-electron chi connectivity index (χ2n) is 3.99. The predicted molar refractivity (Wildman–Crippen MR) is 55.8 cm³/mol. The first-order valence-electron chi connectivity index (χ1n) is 5.18. The Hall–Kier alpha value is -1.23. The molecule has 0 amide bonds. The van der Waals surface area contributed by atoms with Gasteiger partial charge in [0.25, 0.3) is 0 Å². The van der Waals surface area contributed by atoms with Gasteiger partial charge in [-0.15, -0.1) is 0 Å². The normalized spacial score (nSPS) is 21.3. The van der Waals surface area contributed by atoms with Gasteiger partial charge in [-0.3, -0.25) is 0 Å². The lowest BCUT2D eigenvalue weighted by Crippen LogP contribution is -2.14. The van der Waals surface area contributed by atoms with Gasteiger partial charge in [0, 0.05) is 11.7 Å². The van der Waals surface area contributed by atoms with Crippen LogP contribution in [0.15, 0.2) is 18.2 Å². The Balaban J connectivity index is 2.29. The van der Waals surface area contributed by atoms with Gasteiger partial charge in [0.2, 0.25) is 0 Å². The van der Waals surface area contributed by atoms with E-state index in [1.54, 1.807) is 0 Å². The highest BCUT2D eigenvalue weighted by Crippen LogP contribution is 2.35. The fraction of sp³-hybridized carbons (Fsp3) is 0.455. The molecule has 2 rings (SSSR count). The molecule has 0 aromatic heterocycles. The largest absolute Gasteiger partial charge is 0.418 e. The van der Waals surface area contributed by atoms with Gasteiger partial charge in [-0.25, -0.2) is 0 Å². The second-order valence-corrected chi connectivity index (χ2v) is 3.99. The van der Waals surface area contributed by atoms with Crippen LogP contribution in [0, 0.1) is 0 Å². The zero-order chi connectivity index (χ0) is 11.8. The first kappa shape index (κ1) is 11.3. The second kappa shape index (κ2) is 3.97. The van der Waals surface area contributed by atoms with E-state index in [9.17, 15) is 13.2 Å². The highest BCUT2D eigenvalue weighted by molar-refractivity contribution is 5.51. The van der Waals surface area contributed by atoms with Crippen molar-refractivity contribution in [1.29, 1.82) is 0 Å². The topological polar surface area (TPSA) is 38.0 Å². The minimum Gasteiger partial charge on any atom is -0.398 e. The van der Waals surface area contributed by atoms with Crippen molar-refractivity contribution >= 4 is 5.69 Å². The molecule has 3 N–H and O–H groups in total. The summed E-state index contributed by atoms with van der Waals surface area (Å²) in [5.74, 6) is 0. The van der Waals surface area contributed by atoms with Crippen LogP contribution in [0.5, 0.6) is 0 Å². The molecule has 0 radical (unpaired) electrons. The number of anilines is 1. The molecule has 16 heavy (non-hydrogen) atoms. The molecule has 5 heteroatoms. The number of rotatable bonds is 1. The first-order chi connectivity index (χ1) is 7.48. The van der Waals surface area contributed by atoms with Crippen LogP contribution in [0.3, 0.4) is 0 Å². The van der Waals surface area contributed by atoms with Crippen molar-refractivity contribution in [3.63, 3.8) is 0 Å². The van der Waals surface area contributed by atoms with Crippen LogP contribution >= 0.6 is 0 Å². The van der Waals surface area contributed by atoms with E-state index >= 15 is 0 Å². The van der Waals surface area contributed by atoms with Crippen LogP contribution in [0.25, 0.3) is 0 Å². The fourth-order valence-electron chi connectivity index (χ4n) is 2.03. The number of nitrogens with two attached hydrogens (primary N) is 1. The zero-order valence-electron chi connectivity index (χ0n) is 8.64. The van der Waals surface area contributed by atoms with E-state index < -0.39 is 11.7 Å². The SMILES string of the molecule is Nc1cc([C@H]2CCCN2)ccc1C(F)(F)F. The molecule has 1 aromatic rings. The van der Waals surface area contributed by atoms with Gasteiger partial charge in [-0.2, -0.15) is 13.2 Å². The molecular formula is C11H13F3N2. The molecule has 0 spiro atoms. The summed E-state index contributed by atoms with van der Waals surface area (Å²) < 4.78 is 37.4. The zero-order valence-corrected chi connectivity index (χ0v) is 8.64. The summed E-state index contributed by atoms with van der Waals surface area (Å²) in [5, 5.41) is 3.22. The Morgan fingerprint density at radius 2 is 2.06 bits per heavy atom. The van der Waals surface area contributed by atoms with Crippen LogP contribution in [-0.2, 0) is 6.18 Å². The van der Waals surface area contributed by atoms with Crippen LogP contribution in [0.4, 0.5) is 18.9 Å². The molecule has 88 valence electrons. The van der Waals surface area contributed by atoms with Crippen molar-refractivity contribution in [3.05, 3.63) is 29.3 Å². The summed E-state index contributed by atoms with van der Waals surface area (Å²) >= 11 is 0. The number of halogens is 3. The summed E-state index contributed by atoms with van der Waals surface area (Å²) in [5.41, 5.74) is 5.31. The lowest BCUT2D eigenvalue weighted by Gasteiger charge is -2.15. The minimum atomic E-state index is -4.37. The summed E-state index contributed by atoms with van der Waals surface area (Å²) in [7, 11) is 0. The third-order valence-corrected chi connectivity index (χ3v) is 2.84.